The van der Waals surface area contributed by atoms with E-state index in [0.717, 1.165) is 25.9 Å². The van der Waals surface area contributed by atoms with E-state index in [0.29, 0.717) is 23.6 Å². The lowest BCUT2D eigenvalue weighted by molar-refractivity contribution is 0.0946. The Labute approximate surface area is 113 Å². The number of anilines is 1. The number of carbonyl (C=O) groups excluding carboxylic acids is 1. The molecule has 1 N–H and O–H groups in total. The van der Waals surface area contributed by atoms with Crippen LogP contribution in [0.1, 0.15) is 43.1 Å². The normalized spacial score (nSPS) is 23.2. The maximum absolute atomic E-state index is 12.0. The number of nitrogens with one attached hydrogen (secondary N) is 1. The molecule has 0 spiro atoms. The highest BCUT2D eigenvalue weighted by Gasteiger charge is 2.25. The predicted octanol–water partition coefficient (Wildman–Crippen LogP) is 1.61. The highest BCUT2D eigenvalue weighted by Crippen LogP contribution is 2.21. The monoisotopic (exact) mass is 260 g/mol. The van der Waals surface area contributed by atoms with Crippen molar-refractivity contribution in [2.24, 2.45) is 5.92 Å². The summed E-state index contributed by atoms with van der Waals surface area (Å²) in [4.78, 5) is 22.9. The number of piperidine rings is 1. The lowest BCUT2D eigenvalue weighted by Gasteiger charge is -2.30. The van der Waals surface area contributed by atoms with Gasteiger partial charge >= 0.3 is 0 Å². The van der Waals surface area contributed by atoms with Crippen LogP contribution < -0.4 is 10.2 Å². The van der Waals surface area contributed by atoms with Gasteiger partial charge in [0, 0.05) is 25.3 Å². The molecule has 0 aromatic carbocycles. The van der Waals surface area contributed by atoms with Crippen LogP contribution in [0, 0.1) is 5.92 Å². The van der Waals surface area contributed by atoms with E-state index in [-0.39, 0.29) is 5.91 Å². The van der Waals surface area contributed by atoms with Crippen molar-refractivity contribution < 1.29 is 4.79 Å². The van der Waals surface area contributed by atoms with Crippen LogP contribution in [-0.2, 0) is 0 Å². The molecule has 19 heavy (non-hydrogen) atoms. The van der Waals surface area contributed by atoms with Crippen LogP contribution in [0.25, 0.3) is 0 Å². The molecule has 0 radical (unpaired) electrons. The predicted molar refractivity (Wildman–Crippen MR) is 73.1 cm³/mol. The molecule has 5 heteroatoms. The molecule has 1 aromatic rings. The summed E-state index contributed by atoms with van der Waals surface area (Å²) in [6.07, 6.45) is 6.30. The Kier molecular flexibility index (Phi) is 3.36. The molecule has 3 rings (SSSR count). The molecule has 1 aliphatic carbocycles. The SMILES string of the molecule is CC1CCCN(c2nccc(C(=O)NC3CC3)n2)C1. The second-order valence-corrected chi connectivity index (χ2v) is 5.68. The van der Waals surface area contributed by atoms with Crippen LogP contribution in [0.3, 0.4) is 0 Å². The quantitative estimate of drug-likeness (QED) is 0.897. The molecule has 0 bridgehead atoms. The van der Waals surface area contributed by atoms with Crippen LogP contribution in [0.4, 0.5) is 5.95 Å². The molecule has 1 atom stereocenters. The number of hydrogen-bond donors (Lipinski definition) is 1. The first kappa shape index (κ1) is 12.4. The lowest BCUT2D eigenvalue weighted by atomic mass is 10.0. The van der Waals surface area contributed by atoms with Crippen molar-refractivity contribution in [3.05, 3.63) is 18.0 Å². The first-order valence-corrected chi connectivity index (χ1v) is 7.11. The summed E-state index contributed by atoms with van der Waals surface area (Å²) in [5.74, 6) is 1.28. The molecule has 2 fully saturated rings. The smallest absolute Gasteiger partial charge is 0.270 e. The van der Waals surface area contributed by atoms with E-state index < -0.39 is 0 Å². The summed E-state index contributed by atoms with van der Waals surface area (Å²) in [7, 11) is 0. The van der Waals surface area contributed by atoms with Gasteiger partial charge in [-0.3, -0.25) is 4.79 Å². The minimum atomic E-state index is -0.0730. The standard InChI is InChI=1S/C14H20N4O/c1-10-3-2-8-18(9-10)14-15-7-6-12(17-14)13(19)16-11-4-5-11/h6-7,10-11H,2-5,8-9H2,1H3,(H,16,19). The zero-order valence-corrected chi connectivity index (χ0v) is 11.3. The van der Waals surface area contributed by atoms with Gasteiger partial charge in [0.1, 0.15) is 5.69 Å². The molecule has 5 nitrogen and oxygen atoms in total. The van der Waals surface area contributed by atoms with Crippen LogP contribution >= 0.6 is 0 Å². The third kappa shape index (κ3) is 3.03. The van der Waals surface area contributed by atoms with Crippen molar-refractivity contribution >= 4 is 11.9 Å². The molecule has 1 saturated carbocycles. The molecule has 1 aromatic heterocycles. The molecule has 2 heterocycles. The van der Waals surface area contributed by atoms with Crippen molar-refractivity contribution in [3.63, 3.8) is 0 Å². The number of nitrogens with zero attached hydrogens (tertiary/aromatic N) is 3. The lowest BCUT2D eigenvalue weighted by Crippen LogP contribution is -2.36. The van der Waals surface area contributed by atoms with Gasteiger partial charge in [-0.25, -0.2) is 9.97 Å². The molecule has 1 unspecified atom stereocenters. The second-order valence-electron chi connectivity index (χ2n) is 5.68. The zero-order valence-electron chi connectivity index (χ0n) is 11.3. The van der Waals surface area contributed by atoms with Gasteiger partial charge in [0.05, 0.1) is 0 Å². The Hall–Kier alpha value is -1.65. The number of rotatable bonds is 3. The van der Waals surface area contributed by atoms with Gasteiger partial charge in [-0.15, -0.1) is 0 Å². The fourth-order valence-electron chi connectivity index (χ4n) is 2.49. The minimum absolute atomic E-state index is 0.0730. The third-order valence-corrected chi connectivity index (χ3v) is 3.73. The second kappa shape index (κ2) is 5.15. The van der Waals surface area contributed by atoms with Gasteiger partial charge in [-0.1, -0.05) is 6.92 Å². The van der Waals surface area contributed by atoms with E-state index in [4.69, 9.17) is 0 Å². The van der Waals surface area contributed by atoms with E-state index >= 15 is 0 Å². The van der Waals surface area contributed by atoms with E-state index in [9.17, 15) is 4.79 Å². The summed E-state index contributed by atoms with van der Waals surface area (Å²) in [5.41, 5.74) is 0.482. The number of carbonyl (C=O) groups is 1. The summed E-state index contributed by atoms with van der Waals surface area (Å²) < 4.78 is 0. The largest absolute Gasteiger partial charge is 0.348 e. The molecule has 1 amide bonds. The molecular formula is C14H20N4O. The number of amides is 1. The van der Waals surface area contributed by atoms with Gasteiger partial charge in [-0.2, -0.15) is 0 Å². The van der Waals surface area contributed by atoms with Crippen molar-refractivity contribution in [3.8, 4) is 0 Å². The Morgan fingerprint density at radius 1 is 1.42 bits per heavy atom. The Morgan fingerprint density at radius 2 is 2.26 bits per heavy atom. The van der Waals surface area contributed by atoms with Crippen molar-refractivity contribution in [2.75, 3.05) is 18.0 Å². The summed E-state index contributed by atoms with van der Waals surface area (Å²) in [6.45, 7) is 4.21. The van der Waals surface area contributed by atoms with Gasteiger partial charge < -0.3 is 10.2 Å². The fraction of sp³-hybridized carbons (Fsp3) is 0.643. The van der Waals surface area contributed by atoms with Crippen molar-refractivity contribution in [1.29, 1.82) is 0 Å². The zero-order chi connectivity index (χ0) is 13.2. The maximum atomic E-state index is 12.0. The van der Waals surface area contributed by atoms with E-state index in [1.807, 2.05) is 0 Å². The highest BCUT2D eigenvalue weighted by molar-refractivity contribution is 5.92. The average Bonchev–Trinajstić information content (AvgIpc) is 3.23. The molecule has 1 saturated heterocycles. The van der Waals surface area contributed by atoms with Gasteiger partial charge in [0.2, 0.25) is 5.95 Å². The Bertz CT molecular complexity index is 472. The van der Waals surface area contributed by atoms with Crippen LogP contribution in [-0.4, -0.2) is 35.0 Å². The summed E-state index contributed by atoms with van der Waals surface area (Å²) >= 11 is 0. The molecule has 102 valence electrons. The molecule has 1 aliphatic heterocycles. The van der Waals surface area contributed by atoms with Crippen LogP contribution in [0.5, 0.6) is 0 Å². The van der Waals surface area contributed by atoms with E-state index in [1.54, 1.807) is 12.3 Å². The molecule has 2 aliphatic rings. The number of hydrogen-bond acceptors (Lipinski definition) is 4. The van der Waals surface area contributed by atoms with Crippen molar-refractivity contribution in [1.82, 2.24) is 15.3 Å². The minimum Gasteiger partial charge on any atom is -0.348 e. The summed E-state index contributed by atoms with van der Waals surface area (Å²) in [6, 6.07) is 2.05. The fourth-order valence-corrected chi connectivity index (χ4v) is 2.49. The average molecular weight is 260 g/mol. The third-order valence-electron chi connectivity index (χ3n) is 3.73. The topological polar surface area (TPSA) is 58.1 Å². The van der Waals surface area contributed by atoms with Gasteiger partial charge in [-0.05, 0) is 37.7 Å². The van der Waals surface area contributed by atoms with E-state index in [2.05, 4.69) is 27.1 Å². The van der Waals surface area contributed by atoms with E-state index in [1.165, 1.54) is 12.8 Å². The summed E-state index contributed by atoms with van der Waals surface area (Å²) in [5, 5.41) is 2.96. The van der Waals surface area contributed by atoms with Gasteiger partial charge in [0.15, 0.2) is 0 Å². The van der Waals surface area contributed by atoms with Gasteiger partial charge in [0.25, 0.3) is 5.91 Å². The maximum Gasteiger partial charge on any atom is 0.270 e. The molecular weight excluding hydrogens is 240 g/mol. The highest BCUT2D eigenvalue weighted by atomic mass is 16.2. The Morgan fingerprint density at radius 3 is 3.00 bits per heavy atom. The van der Waals surface area contributed by atoms with Crippen molar-refractivity contribution in [2.45, 2.75) is 38.6 Å². The Balaban J connectivity index is 1.72. The van der Waals surface area contributed by atoms with Crippen LogP contribution in [0.15, 0.2) is 12.3 Å². The number of aromatic nitrogens is 2. The first-order valence-electron chi connectivity index (χ1n) is 7.11. The van der Waals surface area contributed by atoms with Crippen LogP contribution in [0.2, 0.25) is 0 Å². The first-order chi connectivity index (χ1) is 9.22.